The Morgan fingerprint density at radius 3 is 2.94 bits per heavy atom. The molecule has 1 aliphatic rings. The standard InChI is InChI=1S/C14H20FNO/c1-3-16-12-8-4-6-10(12)11-7-5-9-13(17-2)14(11)15/h5,7,9-10,12,16H,3-4,6,8H2,1-2H3. The van der Waals surface area contributed by atoms with Crippen molar-refractivity contribution < 1.29 is 9.13 Å². The molecule has 0 aliphatic heterocycles. The summed E-state index contributed by atoms with van der Waals surface area (Å²) < 4.78 is 19.2. The molecule has 2 atom stereocenters. The van der Waals surface area contributed by atoms with Gasteiger partial charge in [-0.3, -0.25) is 0 Å². The van der Waals surface area contributed by atoms with E-state index < -0.39 is 0 Å². The smallest absolute Gasteiger partial charge is 0.168 e. The van der Waals surface area contributed by atoms with Crippen LogP contribution in [0.3, 0.4) is 0 Å². The second-order valence-corrected chi connectivity index (χ2v) is 4.57. The molecule has 1 N–H and O–H groups in total. The van der Waals surface area contributed by atoms with Crippen LogP contribution in [0, 0.1) is 5.82 Å². The monoisotopic (exact) mass is 237 g/mol. The molecule has 2 nitrogen and oxygen atoms in total. The van der Waals surface area contributed by atoms with E-state index in [0.29, 0.717) is 11.8 Å². The van der Waals surface area contributed by atoms with Crippen molar-refractivity contribution >= 4 is 0 Å². The van der Waals surface area contributed by atoms with Crippen LogP contribution in [0.1, 0.15) is 37.7 Å². The average Bonchev–Trinajstić information content (AvgIpc) is 2.78. The summed E-state index contributed by atoms with van der Waals surface area (Å²) in [6, 6.07) is 5.84. The molecular weight excluding hydrogens is 217 g/mol. The van der Waals surface area contributed by atoms with Crippen molar-refractivity contribution in [3.8, 4) is 5.75 Å². The number of halogens is 1. The molecule has 1 aromatic carbocycles. The largest absolute Gasteiger partial charge is 0.494 e. The molecule has 0 saturated heterocycles. The number of methoxy groups -OCH3 is 1. The zero-order chi connectivity index (χ0) is 12.3. The Bertz CT molecular complexity index is 380. The van der Waals surface area contributed by atoms with Gasteiger partial charge in [0.15, 0.2) is 11.6 Å². The normalized spacial score (nSPS) is 23.9. The number of hydrogen-bond acceptors (Lipinski definition) is 2. The van der Waals surface area contributed by atoms with Crippen LogP contribution in [-0.4, -0.2) is 19.7 Å². The molecule has 0 spiro atoms. The van der Waals surface area contributed by atoms with E-state index in [4.69, 9.17) is 4.74 Å². The molecule has 17 heavy (non-hydrogen) atoms. The first kappa shape index (κ1) is 12.4. The van der Waals surface area contributed by atoms with E-state index in [1.165, 1.54) is 13.5 Å². The SMILES string of the molecule is CCNC1CCCC1c1cccc(OC)c1F. The Balaban J connectivity index is 2.26. The topological polar surface area (TPSA) is 21.3 Å². The second-order valence-electron chi connectivity index (χ2n) is 4.57. The maximum atomic E-state index is 14.2. The van der Waals surface area contributed by atoms with Gasteiger partial charge in [0.2, 0.25) is 0 Å². The second kappa shape index (κ2) is 5.50. The Morgan fingerprint density at radius 1 is 1.41 bits per heavy atom. The van der Waals surface area contributed by atoms with Gasteiger partial charge in [-0.25, -0.2) is 4.39 Å². The van der Waals surface area contributed by atoms with Gasteiger partial charge < -0.3 is 10.1 Å². The van der Waals surface area contributed by atoms with Crippen LogP contribution >= 0.6 is 0 Å². The van der Waals surface area contributed by atoms with E-state index in [1.807, 2.05) is 12.1 Å². The molecule has 1 aromatic rings. The molecule has 0 bridgehead atoms. The highest BCUT2D eigenvalue weighted by Gasteiger charge is 2.30. The number of nitrogens with one attached hydrogen (secondary N) is 1. The molecule has 1 saturated carbocycles. The summed E-state index contributed by atoms with van der Waals surface area (Å²) in [5, 5.41) is 3.45. The quantitative estimate of drug-likeness (QED) is 0.869. The maximum Gasteiger partial charge on any atom is 0.168 e. The van der Waals surface area contributed by atoms with Crippen LogP contribution in [-0.2, 0) is 0 Å². The summed E-state index contributed by atoms with van der Waals surface area (Å²) in [5.41, 5.74) is 0.799. The van der Waals surface area contributed by atoms with Gasteiger partial charge >= 0.3 is 0 Å². The number of benzene rings is 1. The van der Waals surface area contributed by atoms with E-state index in [1.54, 1.807) is 6.07 Å². The van der Waals surface area contributed by atoms with Crippen molar-refractivity contribution in [3.63, 3.8) is 0 Å². The zero-order valence-corrected chi connectivity index (χ0v) is 10.5. The molecule has 2 unspecified atom stereocenters. The lowest BCUT2D eigenvalue weighted by atomic mass is 9.93. The summed E-state index contributed by atoms with van der Waals surface area (Å²) in [4.78, 5) is 0. The average molecular weight is 237 g/mol. The van der Waals surface area contributed by atoms with Crippen LogP contribution in [0.4, 0.5) is 4.39 Å². The summed E-state index contributed by atoms with van der Waals surface area (Å²) in [7, 11) is 1.51. The van der Waals surface area contributed by atoms with Crippen LogP contribution in [0.5, 0.6) is 5.75 Å². The van der Waals surface area contributed by atoms with E-state index in [-0.39, 0.29) is 11.7 Å². The fourth-order valence-corrected chi connectivity index (χ4v) is 2.81. The highest BCUT2D eigenvalue weighted by molar-refractivity contribution is 5.34. The first-order valence-corrected chi connectivity index (χ1v) is 6.33. The third-order valence-electron chi connectivity index (χ3n) is 3.59. The van der Waals surface area contributed by atoms with Crippen LogP contribution in [0.25, 0.3) is 0 Å². The van der Waals surface area contributed by atoms with Gasteiger partial charge in [-0.15, -0.1) is 0 Å². The number of ether oxygens (including phenoxy) is 1. The van der Waals surface area contributed by atoms with Crippen molar-refractivity contribution in [2.24, 2.45) is 0 Å². The molecular formula is C14H20FNO. The van der Waals surface area contributed by atoms with Crippen molar-refractivity contribution in [2.75, 3.05) is 13.7 Å². The predicted octanol–water partition coefficient (Wildman–Crippen LogP) is 3.08. The number of rotatable bonds is 4. The third-order valence-corrected chi connectivity index (χ3v) is 3.59. The summed E-state index contributed by atoms with van der Waals surface area (Å²) in [6.07, 6.45) is 3.36. The van der Waals surface area contributed by atoms with Crippen LogP contribution in [0.15, 0.2) is 18.2 Å². The van der Waals surface area contributed by atoms with Gasteiger partial charge in [-0.05, 0) is 31.0 Å². The van der Waals surface area contributed by atoms with Crippen LogP contribution in [0.2, 0.25) is 0 Å². The fourth-order valence-electron chi connectivity index (χ4n) is 2.81. The van der Waals surface area contributed by atoms with Crippen molar-refractivity contribution in [2.45, 2.75) is 38.1 Å². The van der Waals surface area contributed by atoms with Gasteiger partial charge in [0, 0.05) is 12.0 Å². The number of likely N-dealkylation sites (N-methyl/N-ethyl adjacent to an activating group) is 1. The van der Waals surface area contributed by atoms with Crippen molar-refractivity contribution in [1.29, 1.82) is 0 Å². The first-order valence-electron chi connectivity index (χ1n) is 6.33. The van der Waals surface area contributed by atoms with Gasteiger partial charge in [0.25, 0.3) is 0 Å². The van der Waals surface area contributed by atoms with E-state index in [0.717, 1.165) is 24.9 Å². The summed E-state index contributed by atoms with van der Waals surface area (Å²) >= 11 is 0. The van der Waals surface area contributed by atoms with E-state index in [2.05, 4.69) is 12.2 Å². The molecule has 94 valence electrons. The highest BCUT2D eigenvalue weighted by atomic mass is 19.1. The Labute approximate surface area is 102 Å². The minimum Gasteiger partial charge on any atom is -0.494 e. The number of hydrogen-bond donors (Lipinski definition) is 1. The van der Waals surface area contributed by atoms with Gasteiger partial charge in [0.1, 0.15) is 0 Å². The molecule has 0 radical (unpaired) electrons. The summed E-state index contributed by atoms with van der Waals surface area (Å²) in [6.45, 7) is 3.03. The molecule has 1 fully saturated rings. The third kappa shape index (κ3) is 2.44. The maximum absolute atomic E-state index is 14.2. The molecule has 0 heterocycles. The van der Waals surface area contributed by atoms with Gasteiger partial charge in [-0.2, -0.15) is 0 Å². The Kier molecular flexibility index (Phi) is 4.00. The molecule has 1 aliphatic carbocycles. The minimum atomic E-state index is -0.190. The molecule has 0 amide bonds. The minimum absolute atomic E-state index is 0.190. The zero-order valence-electron chi connectivity index (χ0n) is 10.5. The first-order chi connectivity index (χ1) is 8.27. The summed E-state index contributed by atoms with van der Waals surface area (Å²) in [5.74, 6) is 0.444. The van der Waals surface area contributed by atoms with E-state index in [9.17, 15) is 4.39 Å². The van der Waals surface area contributed by atoms with Gasteiger partial charge in [-0.1, -0.05) is 25.5 Å². The van der Waals surface area contributed by atoms with Crippen molar-refractivity contribution in [1.82, 2.24) is 5.32 Å². The lowest BCUT2D eigenvalue weighted by Crippen LogP contribution is -2.31. The molecule has 3 heteroatoms. The lowest BCUT2D eigenvalue weighted by molar-refractivity contribution is 0.379. The molecule has 2 rings (SSSR count). The Morgan fingerprint density at radius 2 is 2.24 bits per heavy atom. The highest BCUT2D eigenvalue weighted by Crippen LogP contribution is 2.37. The van der Waals surface area contributed by atoms with Crippen molar-refractivity contribution in [3.05, 3.63) is 29.6 Å². The van der Waals surface area contributed by atoms with E-state index >= 15 is 0 Å². The van der Waals surface area contributed by atoms with Gasteiger partial charge in [0.05, 0.1) is 7.11 Å². The lowest BCUT2D eigenvalue weighted by Gasteiger charge is -2.21. The predicted molar refractivity (Wildman–Crippen MR) is 67.0 cm³/mol. The fraction of sp³-hybridized carbons (Fsp3) is 0.571. The van der Waals surface area contributed by atoms with Crippen LogP contribution < -0.4 is 10.1 Å². The molecule has 0 aromatic heterocycles. The Hall–Kier alpha value is -1.09.